The van der Waals surface area contributed by atoms with Crippen molar-refractivity contribution < 1.29 is 0 Å². The molecular formula is C11H18N6. The Balaban J connectivity index is 2.46. The summed E-state index contributed by atoms with van der Waals surface area (Å²) in [5, 5.41) is 11.0. The fourth-order valence-corrected chi connectivity index (χ4v) is 1.79. The Morgan fingerprint density at radius 1 is 1.35 bits per heavy atom. The maximum atomic E-state index is 4.53. The molecule has 0 aliphatic rings. The van der Waals surface area contributed by atoms with Crippen LogP contribution in [0, 0.1) is 0 Å². The zero-order valence-electron chi connectivity index (χ0n) is 10.5. The summed E-state index contributed by atoms with van der Waals surface area (Å²) >= 11 is 0. The maximum Gasteiger partial charge on any atom is 0.226 e. The van der Waals surface area contributed by atoms with Gasteiger partial charge in [0.1, 0.15) is 5.82 Å². The molecule has 0 amide bonds. The first-order valence-electron chi connectivity index (χ1n) is 5.92. The van der Waals surface area contributed by atoms with Crippen LogP contribution in [0.1, 0.15) is 20.3 Å². The van der Waals surface area contributed by atoms with E-state index in [1.807, 2.05) is 14.0 Å². The predicted octanol–water partition coefficient (Wildman–Crippen LogP) is 1.63. The van der Waals surface area contributed by atoms with Crippen LogP contribution in [-0.2, 0) is 0 Å². The predicted molar refractivity (Wildman–Crippen MR) is 69.4 cm³/mol. The summed E-state index contributed by atoms with van der Waals surface area (Å²) in [5.41, 5.74) is 0.772. The van der Waals surface area contributed by atoms with E-state index in [2.05, 4.69) is 37.3 Å². The molecule has 0 radical (unpaired) electrons. The van der Waals surface area contributed by atoms with Gasteiger partial charge < -0.3 is 10.2 Å². The maximum absolute atomic E-state index is 4.53. The van der Waals surface area contributed by atoms with Crippen molar-refractivity contribution in [1.29, 1.82) is 0 Å². The summed E-state index contributed by atoms with van der Waals surface area (Å²) in [6.07, 6.45) is 2.85. The SMILES string of the molecule is CCCN(C)c1nc(NCC)nc2[nH]ncc12. The number of rotatable bonds is 5. The summed E-state index contributed by atoms with van der Waals surface area (Å²) in [6, 6.07) is 0. The normalized spacial score (nSPS) is 10.8. The van der Waals surface area contributed by atoms with Crippen molar-refractivity contribution in [3.8, 4) is 0 Å². The molecule has 0 aliphatic carbocycles. The van der Waals surface area contributed by atoms with Crippen LogP contribution in [0.15, 0.2) is 6.20 Å². The zero-order chi connectivity index (χ0) is 12.3. The Morgan fingerprint density at radius 2 is 2.18 bits per heavy atom. The zero-order valence-corrected chi connectivity index (χ0v) is 10.5. The Kier molecular flexibility index (Phi) is 3.41. The van der Waals surface area contributed by atoms with Crippen molar-refractivity contribution in [2.24, 2.45) is 0 Å². The molecule has 92 valence electrons. The van der Waals surface area contributed by atoms with Crippen molar-refractivity contribution in [2.45, 2.75) is 20.3 Å². The summed E-state index contributed by atoms with van der Waals surface area (Å²) in [4.78, 5) is 11.0. The van der Waals surface area contributed by atoms with Gasteiger partial charge in [-0.05, 0) is 13.3 Å². The van der Waals surface area contributed by atoms with Crippen LogP contribution in [0.4, 0.5) is 11.8 Å². The molecule has 17 heavy (non-hydrogen) atoms. The third-order valence-corrected chi connectivity index (χ3v) is 2.55. The van der Waals surface area contributed by atoms with Crippen LogP contribution in [0.3, 0.4) is 0 Å². The summed E-state index contributed by atoms with van der Waals surface area (Å²) in [6.45, 7) is 5.94. The molecule has 0 aromatic carbocycles. The number of hydrogen-bond acceptors (Lipinski definition) is 5. The number of nitrogens with zero attached hydrogens (tertiary/aromatic N) is 4. The fourth-order valence-electron chi connectivity index (χ4n) is 1.79. The van der Waals surface area contributed by atoms with Crippen molar-refractivity contribution in [3.63, 3.8) is 0 Å². The van der Waals surface area contributed by atoms with Gasteiger partial charge in [0.2, 0.25) is 5.95 Å². The second-order valence-electron chi connectivity index (χ2n) is 3.95. The monoisotopic (exact) mass is 234 g/mol. The molecule has 2 aromatic heterocycles. The van der Waals surface area contributed by atoms with E-state index < -0.39 is 0 Å². The lowest BCUT2D eigenvalue weighted by Crippen LogP contribution is -2.20. The van der Waals surface area contributed by atoms with Gasteiger partial charge in [0.25, 0.3) is 0 Å². The molecule has 0 bridgehead atoms. The molecule has 2 N–H and O–H groups in total. The largest absolute Gasteiger partial charge is 0.359 e. The molecule has 2 rings (SSSR count). The minimum absolute atomic E-state index is 0.641. The number of aromatic amines is 1. The third-order valence-electron chi connectivity index (χ3n) is 2.55. The van der Waals surface area contributed by atoms with Gasteiger partial charge in [0.05, 0.1) is 11.6 Å². The third kappa shape index (κ3) is 2.30. The molecule has 6 nitrogen and oxygen atoms in total. The lowest BCUT2D eigenvalue weighted by molar-refractivity contribution is 0.840. The Labute approximate surface area is 100 Å². The van der Waals surface area contributed by atoms with Gasteiger partial charge >= 0.3 is 0 Å². The number of H-pyrrole nitrogens is 1. The second-order valence-corrected chi connectivity index (χ2v) is 3.95. The van der Waals surface area contributed by atoms with E-state index >= 15 is 0 Å². The Hall–Kier alpha value is -1.85. The second kappa shape index (κ2) is 4.99. The average Bonchev–Trinajstić information content (AvgIpc) is 2.76. The van der Waals surface area contributed by atoms with Crippen molar-refractivity contribution >= 4 is 22.8 Å². The molecule has 0 spiro atoms. The highest BCUT2D eigenvalue weighted by molar-refractivity contribution is 5.87. The highest BCUT2D eigenvalue weighted by Crippen LogP contribution is 2.22. The van der Waals surface area contributed by atoms with E-state index in [0.717, 1.165) is 36.4 Å². The van der Waals surface area contributed by atoms with E-state index in [1.165, 1.54) is 0 Å². The van der Waals surface area contributed by atoms with E-state index in [0.29, 0.717) is 5.95 Å². The molecule has 0 saturated carbocycles. The molecule has 6 heteroatoms. The summed E-state index contributed by atoms with van der Waals surface area (Å²) in [5.74, 6) is 1.56. The fraction of sp³-hybridized carbons (Fsp3) is 0.545. The van der Waals surface area contributed by atoms with Crippen molar-refractivity contribution in [1.82, 2.24) is 20.2 Å². The molecule has 0 unspecified atom stereocenters. The van der Waals surface area contributed by atoms with E-state index in [-0.39, 0.29) is 0 Å². The Bertz CT molecular complexity index is 492. The molecule has 0 saturated heterocycles. The summed E-state index contributed by atoms with van der Waals surface area (Å²) < 4.78 is 0. The smallest absolute Gasteiger partial charge is 0.226 e. The number of hydrogen-bond donors (Lipinski definition) is 2. The lowest BCUT2D eigenvalue weighted by atomic mass is 10.3. The first-order valence-corrected chi connectivity index (χ1v) is 5.92. The van der Waals surface area contributed by atoms with Gasteiger partial charge in [-0.3, -0.25) is 5.10 Å². The summed E-state index contributed by atoms with van der Waals surface area (Å²) in [7, 11) is 2.04. The van der Waals surface area contributed by atoms with Crippen LogP contribution < -0.4 is 10.2 Å². The molecule has 0 atom stereocenters. The standard InChI is InChI=1S/C11H18N6/c1-4-6-17(3)10-8-7-13-16-9(8)14-11(15-10)12-5-2/h7H,4-6H2,1-3H3,(H2,12,13,14,15,16). The molecular weight excluding hydrogens is 216 g/mol. The topological polar surface area (TPSA) is 69.7 Å². The molecule has 0 fully saturated rings. The van der Waals surface area contributed by atoms with Crippen molar-refractivity contribution in [3.05, 3.63) is 6.20 Å². The average molecular weight is 234 g/mol. The number of nitrogens with one attached hydrogen (secondary N) is 2. The molecule has 2 heterocycles. The van der Waals surface area contributed by atoms with Crippen LogP contribution in [0.5, 0.6) is 0 Å². The minimum Gasteiger partial charge on any atom is -0.359 e. The van der Waals surface area contributed by atoms with Gasteiger partial charge in [-0.15, -0.1) is 0 Å². The number of fused-ring (bicyclic) bond motifs is 1. The lowest BCUT2D eigenvalue weighted by Gasteiger charge is -2.18. The van der Waals surface area contributed by atoms with Gasteiger partial charge in [-0.1, -0.05) is 6.92 Å². The minimum atomic E-state index is 0.641. The molecule has 2 aromatic rings. The highest BCUT2D eigenvalue weighted by atomic mass is 15.2. The van der Waals surface area contributed by atoms with Gasteiger partial charge in [0.15, 0.2) is 5.65 Å². The van der Waals surface area contributed by atoms with Crippen LogP contribution in [0.25, 0.3) is 11.0 Å². The quantitative estimate of drug-likeness (QED) is 0.823. The van der Waals surface area contributed by atoms with Crippen molar-refractivity contribution in [2.75, 3.05) is 30.4 Å². The first kappa shape index (κ1) is 11.6. The van der Waals surface area contributed by atoms with Gasteiger partial charge in [-0.25, -0.2) is 0 Å². The highest BCUT2D eigenvalue weighted by Gasteiger charge is 2.12. The van der Waals surface area contributed by atoms with Crippen LogP contribution in [-0.4, -0.2) is 40.3 Å². The Morgan fingerprint density at radius 3 is 2.88 bits per heavy atom. The first-order chi connectivity index (χ1) is 8.26. The van der Waals surface area contributed by atoms with E-state index in [4.69, 9.17) is 0 Å². The van der Waals surface area contributed by atoms with Crippen LogP contribution in [0.2, 0.25) is 0 Å². The van der Waals surface area contributed by atoms with Gasteiger partial charge in [-0.2, -0.15) is 15.1 Å². The van der Waals surface area contributed by atoms with E-state index in [9.17, 15) is 0 Å². The molecule has 0 aliphatic heterocycles. The van der Waals surface area contributed by atoms with Crippen LogP contribution >= 0.6 is 0 Å². The van der Waals surface area contributed by atoms with E-state index in [1.54, 1.807) is 6.20 Å². The number of anilines is 2. The van der Waals surface area contributed by atoms with Gasteiger partial charge in [0, 0.05) is 20.1 Å². The number of aromatic nitrogens is 4.